The van der Waals surface area contributed by atoms with Gasteiger partial charge >= 0.3 is 0 Å². The number of anilines is 1. The molecule has 1 unspecified atom stereocenters. The summed E-state index contributed by atoms with van der Waals surface area (Å²) in [5.41, 5.74) is 6.93. The summed E-state index contributed by atoms with van der Waals surface area (Å²) in [7, 11) is 0. The fourth-order valence-electron chi connectivity index (χ4n) is 4.33. The van der Waals surface area contributed by atoms with Gasteiger partial charge in [-0.2, -0.15) is 0 Å². The molecule has 2 aliphatic heterocycles. The molecule has 0 spiro atoms. The van der Waals surface area contributed by atoms with Gasteiger partial charge in [0.05, 0.1) is 0 Å². The maximum absolute atomic E-state index is 14.1. The Labute approximate surface area is 155 Å². The molecule has 27 heavy (non-hydrogen) atoms. The van der Waals surface area contributed by atoms with E-state index < -0.39 is 5.82 Å². The largest absolute Gasteiger partial charge is 0.369 e. The Morgan fingerprint density at radius 2 is 2.07 bits per heavy atom. The fraction of sp³-hybridized carbons (Fsp3) is 0.421. The first-order chi connectivity index (χ1) is 13.1. The number of para-hydroxylation sites is 1. The molecule has 1 amide bonds. The first kappa shape index (κ1) is 16.4. The summed E-state index contributed by atoms with van der Waals surface area (Å²) in [5.74, 6) is -0.440. The molecule has 8 heteroatoms. The Kier molecular flexibility index (Phi) is 3.75. The summed E-state index contributed by atoms with van der Waals surface area (Å²) < 4.78 is 15.6. The number of piperidine rings is 1. The van der Waals surface area contributed by atoms with Gasteiger partial charge in [-0.05, 0) is 31.5 Å². The molecule has 0 radical (unpaired) electrons. The first-order valence-electron chi connectivity index (χ1n) is 9.38. The van der Waals surface area contributed by atoms with E-state index in [2.05, 4.69) is 14.9 Å². The number of nitrogen functional groups attached to an aromatic ring is 1. The number of fused-ring (bicyclic) bond motifs is 4. The lowest BCUT2D eigenvalue weighted by atomic mass is 9.99. The zero-order chi connectivity index (χ0) is 18.5. The van der Waals surface area contributed by atoms with Gasteiger partial charge in [-0.3, -0.25) is 14.1 Å². The molecule has 1 aromatic carbocycles. The van der Waals surface area contributed by atoms with Crippen LogP contribution in [-0.2, 0) is 0 Å². The van der Waals surface area contributed by atoms with Crippen LogP contribution < -0.4 is 5.73 Å². The van der Waals surface area contributed by atoms with Crippen molar-refractivity contribution in [2.75, 3.05) is 31.9 Å². The number of amides is 1. The molecule has 1 atom stereocenters. The molecule has 7 nitrogen and oxygen atoms in total. The van der Waals surface area contributed by atoms with Crippen molar-refractivity contribution < 1.29 is 9.18 Å². The van der Waals surface area contributed by atoms with Crippen molar-refractivity contribution in [2.45, 2.75) is 25.3 Å². The maximum atomic E-state index is 14.1. The number of hydrogen-bond donors (Lipinski definition) is 1. The summed E-state index contributed by atoms with van der Waals surface area (Å²) in [6, 6.07) is 5.12. The summed E-state index contributed by atoms with van der Waals surface area (Å²) >= 11 is 0. The standard InChI is InChI=1S/C19H21FN6O/c20-14-6-3-5-13-16(14)23-19(21)26-11-15(22-17(13)26)18(27)25-9-8-24-7-2-1-4-12(24)10-25/h3,5-6,11-12H,1-2,4,7-10H2,(H2,21,23). The SMILES string of the molecule is Nc1nc2c(F)cccc2c2nc(C(=O)N3CCN4CCCCC4C3)cn12. The van der Waals surface area contributed by atoms with Crippen LogP contribution in [0.5, 0.6) is 0 Å². The van der Waals surface area contributed by atoms with Gasteiger partial charge in [0, 0.05) is 37.3 Å². The van der Waals surface area contributed by atoms with Crippen molar-refractivity contribution in [2.24, 2.45) is 0 Å². The average molecular weight is 368 g/mol. The van der Waals surface area contributed by atoms with Crippen LogP contribution in [0.15, 0.2) is 24.4 Å². The third-order valence-corrected chi connectivity index (χ3v) is 5.75. The maximum Gasteiger partial charge on any atom is 0.274 e. The number of hydrogen-bond acceptors (Lipinski definition) is 5. The normalized spacial score (nSPS) is 20.9. The molecule has 3 aromatic rings. The minimum absolute atomic E-state index is 0.104. The third-order valence-electron chi connectivity index (χ3n) is 5.75. The van der Waals surface area contributed by atoms with Crippen molar-refractivity contribution in [3.05, 3.63) is 35.9 Å². The van der Waals surface area contributed by atoms with E-state index in [0.717, 1.165) is 26.1 Å². The second-order valence-corrected chi connectivity index (χ2v) is 7.36. The van der Waals surface area contributed by atoms with Gasteiger partial charge < -0.3 is 10.6 Å². The number of carbonyl (C=O) groups is 1. The van der Waals surface area contributed by atoms with E-state index >= 15 is 0 Å². The average Bonchev–Trinajstić information content (AvgIpc) is 3.14. The van der Waals surface area contributed by atoms with E-state index in [9.17, 15) is 9.18 Å². The highest BCUT2D eigenvalue weighted by atomic mass is 19.1. The van der Waals surface area contributed by atoms with E-state index in [1.54, 1.807) is 22.7 Å². The Bertz CT molecular complexity index is 1050. The smallest absolute Gasteiger partial charge is 0.274 e. The topological polar surface area (TPSA) is 79.8 Å². The predicted octanol–water partition coefficient (Wildman–Crippen LogP) is 1.91. The Morgan fingerprint density at radius 1 is 1.19 bits per heavy atom. The third kappa shape index (κ3) is 2.63. The number of carbonyl (C=O) groups excluding carboxylic acids is 1. The highest BCUT2D eigenvalue weighted by Gasteiger charge is 2.32. The van der Waals surface area contributed by atoms with E-state index in [0.29, 0.717) is 29.3 Å². The fourth-order valence-corrected chi connectivity index (χ4v) is 4.33. The summed E-state index contributed by atoms with van der Waals surface area (Å²) in [6.45, 7) is 3.46. The highest BCUT2D eigenvalue weighted by molar-refractivity contribution is 5.97. The zero-order valence-corrected chi connectivity index (χ0v) is 14.9. The van der Waals surface area contributed by atoms with Gasteiger partial charge in [0.25, 0.3) is 5.91 Å². The van der Waals surface area contributed by atoms with E-state index in [4.69, 9.17) is 5.73 Å². The van der Waals surface area contributed by atoms with Gasteiger partial charge in [-0.1, -0.05) is 12.5 Å². The van der Waals surface area contributed by atoms with Crippen molar-refractivity contribution in [1.82, 2.24) is 24.2 Å². The number of nitrogens with two attached hydrogens (primary N) is 1. The van der Waals surface area contributed by atoms with E-state index in [1.807, 2.05) is 4.90 Å². The molecular weight excluding hydrogens is 347 g/mol. The minimum Gasteiger partial charge on any atom is -0.369 e. The number of imidazole rings is 1. The number of aromatic nitrogens is 3. The van der Waals surface area contributed by atoms with Crippen LogP contribution in [0.4, 0.5) is 10.3 Å². The number of benzene rings is 1. The predicted molar refractivity (Wildman–Crippen MR) is 100.0 cm³/mol. The molecule has 5 rings (SSSR count). The highest BCUT2D eigenvalue weighted by Crippen LogP contribution is 2.25. The van der Waals surface area contributed by atoms with Gasteiger partial charge in [-0.25, -0.2) is 14.4 Å². The molecule has 2 saturated heterocycles. The van der Waals surface area contributed by atoms with Crippen LogP contribution in [0.3, 0.4) is 0 Å². The second kappa shape index (κ2) is 6.16. The van der Waals surface area contributed by atoms with Crippen molar-refractivity contribution in [1.29, 1.82) is 0 Å². The van der Waals surface area contributed by atoms with Crippen LogP contribution in [0.2, 0.25) is 0 Å². The second-order valence-electron chi connectivity index (χ2n) is 7.36. The molecule has 2 N–H and O–H groups in total. The van der Waals surface area contributed by atoms with Gasteiger partial charge in [0.2, 0.25) is 5.95 Å². The summed E-state index contributed by atoms with van der Waals surface area (Å²) in [5, 5.41) is 0.542. The molecule has 0 bridgehead atoms. The Balaban J connectivity index is 1.51. The van der Waals surface area contributed by atoms with Gasteiger partial charge in [0.1, 0.15) is 22.7 Å². The minimum atomic E-state index is -0.453. The van der Waals surface area contributed by atoms with Crippen LogP contribution in [0.1, 0.15) is 29.8 Å². The Morgan fingerprint density at radius 3 is 2.96 bits per heavy atom. The first-order valence-corrected chi connectivity index (χ1v) is 9.38. The zero-order valence-electron chi connectivity index (χ0n) is 14.9. The lowest BCUT2D eigenvalue weighted by Gasteiger charge is -2.43. The van der Waals surface area contributed by atoms with Crippen LogP contribution >= 0.6 is 0 Å². The lowest BCUT2D eigenvalue weighted by Crippen LogP contribution is -2.56. The molecule has 0 aliphatic carbocycles. The van der Waals surface area contributed by atoms with Crippen LogP contribution in [-0.4, -0.2) is 62.3 Å². The monoisotopic (exact) mass is 368 g/mol. The molecular formula is C19H21FN6O. The van der Waals surface area contributed by atoms with E-state index in [1.165, 1.54) is 18.9 Å². The van der Waals surface area contributed by atoms with Crippen molar-refractivity contribution in [3.8, 4) is 0 Å². The molecule has 2 aliphatic rings. The van der Waals surface area contributed by atoms with Crippen molar-refractivity contribution >= 4 is 28.4 Å². The number of piperazine rings is 1. The van der Waals surface area contributed by atoms with Crippen LogP contribution in [0, 0.1) is 5.82 Å². The molecule has 2 fully saturated rings. The summed E-state index contributed by atoms with van der Waals surface area (Å²) in [6.07, 6.45) is 5.21. The van der Waals surface area contributed by atoms with Gasteiger partial charge in [-0.15, -0.1) is 0 Å². The molecule has 0 saturated carbocycles. The van der Waals surface area contributed by atoms with Crippen LogP contribution in [0.25, 0.3) is 16.6 Å². The molecule has 2 aromatic heterocycles. The quantitative estimate of drug-likeness (QED) is 0.710. The van der Waals surface area contributed by atoms with Gasteiger partial charge in [0.15, 0.2) is 0 Å². The van der Waals surface area contributed by atoms with Crippen molar-refractivity contribution in [3.63, 3.8) is 0 Å². The number of rotatable bonds is 1. The van der Waals surface area contributed by atoms with E-state index in [-0.39, 0.29) is 17.4 Å². The molecule has 4 heterocycles. The number of halogens is 1. The summed E-state index contributed by atoms with van der Waals surface area (Å²) in [4.78, 5) is 26.0. The Hall–Kier alpha value is -2.74. The number of nitrogens with zero attached hydrogens (tertiary/aromatic N) is 5. The molecule has 140 valence electrons. The lowest BCUT2D eigenvalue weighted by molar-refractivity contribution is 0.0369.